The largest absolute Gasteiger partial charge is 0.469 e. The number of hydrogen-bond donors (Lipinski definition) is 0. The summed E-state index contributed by atoms with van der Waals surface area (Å²) < 4.78 is 120. The van der Waals surface area contributed by atoms with Gasteiger partial charge in [0.15, 0.2) is 17.5 Å². The Morgan fingerprint density at radius 1 is 0.688 bits per heavy atom. The Balaban J connectivity index is 1.16. The zero-order valence-corrected chi connectivity index (χ0v) is 26.5. The number of allylic oxidation sites excluding steroid dienone is 3. The number of benzene rings is 3. The van der Waals surface area contributed by atoms with Gasteiger partial charge < -0.3 is 4.74 Å². The van der Waals surface area contributed by atoms with Crippen molar-refractivity contribution in [3.8, 4) is 11.1 Å². The van der Waals surface area contributed by atoms with Crippen LogP contribution in [0.2, 0.25) is 0 Å². The fourth-order valence-corrected chi connectivity index (χ4v) is 6.95. The van der Waals surface area contributed by atoms with E-state index in [9.17, 15) is 26.3 Å². The molecule has 0 spiro atoms. The van der Waals surface area contributed by atoms with Gasteiger partial charge >= 0.3 is 6.01 Å². The molecule has 9 heteroatoms. The monoisotopic (exact) mass is 674 g/mol. The van der Waals surface area contributed by atoms with Gasteiger partial charge in [-0.3, -0.25) is 0 Å². The van der Waals surface area contributed by atoms with Gasteiger partial charge in [0, 0.05) is 16.7 Å². The van der Waals surface area contributed by atoms with E-state index in [4.69, 9.17) is 4.74 Å². The van der Waals surface area contributed by atoms with Crippen LogP contribution in [-0.4, -0.2) is 6.61 Å². The molecule has 0 aliphatic heterocycles. The van der Waals surface area contributed by atoms with Crippen LogP contribution in [0, 0.1) is 46.7 Å². The topological polar surface area (TPSA) is 9.23 Å². The fourth-order valence-electron chi connectivity index (χ4n) is 6.95. The third-order valence-electron chi connectivity index (χ3n) is 9.65. The first-order valence-electron chi connectivity index (χ1n) is 16.5. The van der Waals surface area contributed by atoms with Gasteiger partial charge in [-0.25, -0.2) is 26.3 Å². The zero-order valence-electron chi connectivity index (χ0n) is 26.5. The molecular formula is C39H38F8O. The van der Waals surface area contributed by atoms with Crippen LogP contribution in [0.4, 0.5) is 35.1 Å². The molecule has 3 aromatic carbocycles. The number of ether oxygens (including phenoxy) is 1. The maximum absolute atomic E-state index is 15.3. The van der Waals surface area contributed by atoms with Crippen LogP contribution < -0.4 is 0 Å². The minimum absolute atomic E-state index is 0.0194. The molecule has 2 saturated carbocycles. The summed E-state index contributed by atoms with van der Waals surface area (Å²) in [6.07, 6.45) is 12.8. The molecule has 3 aromatic rings. The smallest absolute Gasteiger partial charge is 0.309 e. The molecule has 0 bridgehead atoms. The second-order valence-electron chi connectivity index (χ2n) is 12.8. The lowest BCUT2D eigenvalue weighted by molar-refractivity contribution is 0.142. The predicted octanol–water partition coefficient (Wildman–Crippen LogP) is 12.5. The molecule has 2 aliphatic rings. The minimum Gasteiger partial charge on any atom is -0.469 e. The molecule has 0 amide bonds. The van der Waals surface area contributed by atoms with Gasteiger partial charge in [0.05, 0.1) is 6.61 Å². The Bertz CT molecular complexity index is 1620. The van der Waals surface area contributed by atoms with E-state index in [2.05, 4.69) is 18.7 Å². The van der Waals surface area contributed by atoms with E-state index in [1.54, 1.807) is 6.08 Å². The van der Waals surface area contributed by atoms with Crippen LogP contribution in [0.25, 0.3) is 17.0 Å². The predicted molar refractivity (Wildman–Crippen MR) is 171 cm³/mol. The molecule has 48 heavy (non-hydrogen) atoms. The number of hydrogen-bond acceptors (Lipinski definition) is 1. The van der Waals surface area contributed by atoms with Crippen LogP contribution in [0.3, 0.4) is 0 Å². The molecule has 1 nitrogen and oxygen atoms in total. The van der Waals surface area contributed by atoms with Crippen molar-refractivity contribution in [2.75, 3.05) is 6.61 Å². The summed E-state index contributed by atoms with van der Waals surface area (Å²) in [6.45, 7) is 3.45. The van der Waals surface area contributed by atoms with Crippen molar-refractivity contribution in [1.82, 2.24) is 0 Å². The van der Waals surface area contributed by atoms with Gasteiger partial charge in [-0.05, 0) is 129 Å². The van der Waals surface area contributed by atoms with Crippen molar-refractivity contribution in [2.45, 2.75) is 76.0 Å². The average Bonchev–Trinajstić information content (AvgIpc) is 3.08. The summed E-state index contributed by atoms with van der Waals surface area (Å²) in [6, 6.07) is 5.87. The molecule has 0 heterocycles. The molecule has 256 valence electrons. The summed E-state index contributed by atoms with van der Waals surface area (Å²) in [4.78, 5) is 0. The van der Waals surface area contributed by atoms with E-state index < -0.39 is 52.3 Å². The summed E-state index contributed by atoms with van der Waals surface area (Å²) in [5.41, 5.74) is -0.145. The molecule has 0 saturated heterocycles. The van der Waals surface area contributed by atoms with Crippen LogP contribution >= 0.6 is 0 Å². The number of halogens is 8. The molecule has 5 rings (SSSR count). The molecule has 0 aromatic heterocycles. The molecular weight excluding hydrogens is 636 g/mol. The lowest BCUT2D eigenvalue weighted by Crippen LogP contribution is -2.15. The Hall–Kier alpha value is -3.88. The Kier molecular flexibility index (Phi) is 11.8. The van der Waals surface area contributed by atoms with Crippen molar-refractivity contribution >= 4 is 5.83 Å². The Morgan fingerprint density at radius 2 is 1.25 bits per heavy atom. The highest BCUT2D eigenvalue weighted by molar-refractivity contribution is 5.69. The SMILES string of the molecule is C=CCCCO/C(F)=C(\F)c1ccc(-c2cc(F)c(C3CCC(/C=C/C4CCC(c5cc(F)c(F)c(F)c5)CC4)CC3)c(F)c2)c(F)c1. The van der Waals surface area contributed by atoms with E-state index >= 15 is 8.78 Å². The maximum atomic E-state index is 15.3. The van der Waals surface area contributed by atoms with E-state index in [1.807, 2.05) is 0 Å². The highest BCUT2D eigenvalue weighted by atomic mass is 19.2. The van der Waals surface area contributed by atoms with Crippen molar-refractivity contribution in [3.63, 3.8) is 0 Å². The van der Waals surface area contributed by atoms with Crippen molar-refractivity contribution in [1.29, 1.82) is 0 Å². The van der Waals surface area contributed by atoms with Crippen LogP contribution in [-0.2, 0) is 4.74 Å². The maximum Gasteiger partial charge on any atom is 0.309 e. The Labute approximate surface area is 276 Å². The normalized spacial score (nSPS) is 22.1. The fraction of sp³-hybridized carbons (Fsp3) is 0.385. The lowest BCUT2D eigenvalue weighted by Gasteiger charge is -2.29. The van der Waals surface area contributed by atoms with E-state index in [-0.39, 0.29) is 41.1 Å². The standard InChI is InChI=1S/C39H38F8O/c1-2-3-4-17-48-39(47)37(45)27-15-16-30(31(40)18-27)29-21-32(41)36(33(42)22-29)26-13-9-24(10-14-26)6-5-23-7-11-25(12-8-23)28-19-34(43)38(46)35(44)20-28/h2,5-6,15-16,18-26H,1,3-4,7-14,17H2/b6-5+,39-37-. The highest BCUT2D eigenvalue weighted by Gasteiger charge is 2.28. The Morgan fingerprint density at radius 3 is 1.79 bits per heavy atom. The van der Waals surface area contributed by atoms with Crippen LogP contribution in [0.5, 0.6) is 0 Å². The molecule has 0 radical (unpaired) electrons. The van der Waals surface area contributed by atoms with Gasteiger partial charge in [0.1, 0.15) is 17.5 Å². The quantitative estimate of drug-likeness (QED) is 0.0647. The van der Waals surface area contributed by atoms with Crippen molar-refractivity contribution < 1.29 is 39.9 Å². The third-order valence-corrected chi connectivity index (χ3v) is 9.65. The first-order valence-corrected chi connectivity index (χ1v) is 16.5. The highest BCUT2D eigenvalue weighted by Crippen LogP contribution is 2.42. The first-order chi connectivity index (χ1) is 23.0. The molecule has 2 fully saturated rings. The zero-order chi connectivity index (χ0) is 34.4. The van der Waals surface area contributed by atoms with Crippen LogP contribution in [0.1, 0.15) is 92.7 Å². The van der Waals surface area contributed by atoms with E-state index in [1.165, 1.54) is 0 Å². The summed E-state index contributed by atoms with van der Waals surface area (Å²) in [5.74, 6) is -7.47. The van der Waals surface area contributed by atoms with Gasteiger partial charge in [-0.1, -0.05) is 30.4 Å². The number of rotatable bonds is 11. The van der Waals surface area contributed by atoms with Crippen molar-refractivity contribution in [3.05, 3.63) is 125 Å². The van der Waals surface area contributed by atoms with Gasteiger partial charge in [-0.15, -0.1) is 6.58 Å². The van der Waals surface area contributed by atoms with E-state index in [0.29, 0.717) is 37.2 Å². The van der Waals surface area contributed by atoms with Gasteiger partial charge in [0.2, 0.25) is 5.83 Å². The van der Waals surface area contributed by atoms with Crippen molar-refractivity contribution in [2.24, 2.45) is 11.8 Å². The summed E-state index contributed by atoms with van der Waals surface area (Å²) in [7, 11) is 0. The first kappa shape index (κ1) is 35.4. The summed E-state index contributed by atoms with van der Waals surface area (Å²) in [5, 5.41) is 0. The number of unbranched alkanes of at least 4 members (excludes halogenated alkanes) is 1. The van der Waals surface area contributed by atoms with Gasteiger partial charge in [0.25, 0.3) is 0 Å². The molecule has 2 aliphatic carbocycles. The third kappa shape index (κ3) is 8.39. The van der Waals surface area contributed by atoms with Crippen LogP contribution in [0.15, 0.2) is 73.3 Å². The summed E-state index contributed by atoms with van der Waals surface area (Å²) >= 11 is 0. The molecule has 0 atom stereocenters. The van der Waals surface area contributed by atoms with E-state index in [0.717, 1.165) is 81.0 Å². The average molecular weight is 675 g/mol. The lowest BCUT2D eigenvalue weighted by atomic mass is 9.76. The second kappa shape index (κ2) is 16.0. The molecule has 0 unspecified atom stereocenters. The second-order valence-corrected chi connectivity index (χ2v) is 12.8. The minimum atomic E-state index is -1.47. The van der Waals surface area contributed by atoms with Gasteiger partial charge in [-0.2, -0.15) is 8.78 Å². The molecule has 0 N–H and O–H groups in total.